The van der Waals surface area contributed by atoms with E-state index in [1.54, 1.807) is 58.8 Å². The highest BCUT2D eigenvalue weighted by molar-refractivity contribution is 6.07. The van der Waals surface area contributed by atoms with Gasteiger partial charge in [0.15, 0.2) is 5.78 Å². The lowest BCUT2D eigenvalue weighted by atomic mass is 10.1. The number of methoxy groups -OCH3 is 4. The molecule has 0 unspecified atom stereocenters. The number of carbonyl (C=O) groups is 1. The quantitative estimate of drug-likeness (QED) is 0.574. The van der Waals surface area contributed by atoms with Crippen LogP contribution in [0.1, 0.15) is 15.9 Å². The Balaban J connectivity index is 2.27. The smallest absolute Gasteiger partial charge is 0.186 e. The lowest BCUT2D eigenvalue weighted by Crippen LogP contribution is -1.97. The van der Waals surface area contributed by atoms with Gasteiger partial charge in [-0.1, -0.05) is 6.08 Å². The zero-order chi connectivity index (χ0) is 17.5. The third kappa shape index (κ3) is 4.29. The molecule has 2 aromatic rings. The summed E-state index contributed by atoms with van der Waals surface area (Å²) in [5.74, 6) is 2.28. The van der Waals surface area contributed by atoms with Crippen LogP contribution >= 0.6 is 0 Å². The SMILES string of the molecule is COc1cc(C=CC(=O)c2cc(OC)cc(OC)c2)cc(OC)c1. The van der Waals surface area contributed by atoms with Crippen molar-refractivity contribution in [3.05, 3.63) is 53.6 Å². The van der Waals surface area contributed by atoms with E-state index in [1.165, 1.54) is 6.08 Å². The Morgan fingerprint density at radius 1 is 0.708 bits per heavy atom. The fraction of sp³-hybridized carbons (Fsp3) is 0.211. The van der Waals surface area contributed by atoms with Gasteiger partial charge in [0.05, 0.1) is 28.4 Å². The molecule has 0 amide bonds. The molecule has 5 heteroatoms. The molecule has 0 radical (unpaired) electrons. The third-order valence-electron chi connectivity index (χ3n) is 3.44. The molecule has 0 bridgehead atoms. The average Bonchev–Trinajstić information content (AvgIpc) is 2.64. The summed E-state index contributed by atoms with van der Waals surface area (Å²) in [7, 11) is 6.24. The summed E-state index contributed by atoms with van der Waals surface area (Å²) in [4.78, 5) is 12.4. The second-order valence-corrected chi connectivity index (χ2v) is 4.94. The van der Waals surface area contributed by atoms with E-state index in [2.05, 4.69) is 0 Å². The van der Waals surface area contributed by atoms with Gasteiger partial charge in [-0.05, 0) is 35.9 Å². The number of hydrogen-bond donors (Lipinski definition) is 0. The summed E-state index contributed by atoms with van der Waals surface area (Å²) in [5.41, 5.74) is 1.28. The molecule has 5 nitrogen and oxygen atoms in total. The lowest BCUT2D eigenvalue weighted by Gasteiger charge is -2.07. The maximum absolute atomic E-state index is 12.4. The maximum Gasteiger partial charge on any atom is 0.186 e. The van der Waals surface area contributed by atoms with Gasteiger partial charge in [-0.2, -0.15) is 0 Å². The summed E-state index contributed by atoms with van der Waals surface area (Å²) in [6.45, 7) is 0. The van der Waals surface area contributed by atoms with Gasteiger partial charge in [-0.15, -0.1) is 0 Å². The van der Waals surface area contributed by atoms with E-state index in [0.717, 1.165) is 5.56 Å². The van der Waals surface area contributed by atoms with Gasteiger partial charge in [0.2, 0.25) is 0 Å². The van der Waals surface area contributed by atoms with E-state index in [-0.39, 0.29) is 5.78 Å². The van der Waals surface area contributed by atoms with Gasteiger partial charge in [-0.25, -0.2) is 0 Å². The largest absolute Gasteiger partial charge is 0.497 e. The van der Waals surface area contributed by atoms with Crippen molar-refractivity contribution < 1.29 is 23.7 Å². The van der Waals surface area contributed by atoms with Crippen LogP contribution in [0.4, 0.5) is 0 Å². The molecular weight excluding hydrogens is 308 g/mol. The molecule has 2 rings (SSSR count). The van der Waals surface area contributed by atoms with E-state index in [0.29, 0.717) is 28.6 Å². The fourth-order valence-corrected chi connectivity index (χ4v) is 2.14. The van der Waals surface area contributed by atoms with E-state index in [9.17, 15) is 4.79 Å². The first kappa shape index (κ1) is 17.4. The molecule has 0 spiro atoms. The van der Waals surface area contributed by atoms with Gasteiger partial charge in [0.25, 0.3) is 0 Å². The first-order valence-electron chi connectivity index (χ1n) is 7.28. The monoisotopic (exact) mass is 328 g/mol. The van der Waals surface area contributed by atoms with Crippen molar-refractivity contribution in [2.45, 2.75) is 0 Å². The molecule has 0 saturated carbocycles. The van der Waals surface area contributed by atoms with Crippen LogP contribution in [0.3, 0.4) is 0 Å². The first-order chi connectivity index (χ1) is 11.6. The molecule has 24 heavy (non-hydrogen) atoms. The standard InChI is InChI=1S/C19H20O5/c1-21-15-7-13(8-16(11-15)22-2)5-6-19(20)14-9-17(23-3)12-18(10-14)24-4/h5-12H,1-4H3. The molecule has 0 saturated heterocycles. The number of ketones is 1. The van der Waals surface area contributed by atoms with Crippen LogP contribution in [0, 0.1) is 0 Å². The zero-order valence-corrected chi connectivity index (χ0v) is 14.2. The van der Waals surface area contributed by atoms with Crippen LogP contribution < -0.4 is 18.9 Å². The molecular formula is C19H20O5. The zero-order valence-electron chi connectivity index (χ0n) is 14.2. The summed E-state index contributed by atoms with van der Waals surface area (Å²) in [5, 5.41) is 0. The number of carbonyl (C=O) groups excluding carboxylic acids is 1. The van der Waals surface area contributed by atoms with Crippen LogP contribution in [0.2, 0.25) is 0 Å². The van der Waals surface area contributed by atoms with Gasteiger partial charge in [0.1, 0.15) is 23.0 Å². The Bertz CT molecular complexity index is 705. The highest BCUT2D eigenvalue weighted by Gasteiger charge is 2.08. The minimum absolute atomic E-state index is 0.158. The molecule has 0 aliphatic rings. The van der Waals surface area contributed by atoms with Crippen LogP contribution in [-0.2, 0) is 0 Å². The number of allylic oxidation sites excluding steroid dienone is 1. The van der Waals surface area contributed by atoms with Crippen LogP contribution in [0.15, 0.2) is 42.5 Å². The predicted octanol–water partition coefficient (Wildman–Crippen LogP) is 3.62. The molecule has 0 fully saturated rings. The van der Waals surface area contributed by atoms with Crippen LogP contribution in [0.5, 0.6) is 23.0 Å². The van der Waals surface area contributed by atoms with E-state index in [4.69, 9.17) is 18.9 Å². The molecule has 0 atom stereocenters. The molecule has 0 aliphatic heterocycles. The van der Waals surface area contributed by atoms with E-state index < -0.39 is 0 Å². The Morgan fingerprint density at radius 2 is 1.12 bits per heavy atom. The number of ether oxygens (including phenoxy) is 4. The van der Waals surface area contributed by atoms with E-state index in [1.807, 2.05) is 12.1 Å². The van der Waals surface area contributed by atoms with Gasteiger partial charge in [-0.3, -0.25) is 4.79 Å². The second kappa shape index (κ2) is 8.06. The van der Waals surface area contributed by atoms with Crippen molar-refractivity contribution in [3.8, 4) is 23.0 Å². The lowest BCUT2D eigenvalue weighted by molar-refractivity contribution is 0.104. The van der Waals surface area contributed by atoms with Crippen molar-refractivity contribution >= 4 is 11.9 Å². The fourth-order valence-electron chi connectivity index (χ4n) is 2.14. The minimum atomic E-state index is -0.158. The van der Waals surface area contributed by atoms with Gasteiger partial charge >= 0.3 is 0 Å². The van der Waals surface area contributed by atoms with Gasteiger partial charge in [0, 0.05) is 17.7 Å². The Kier molecular flexibility index (Phi) is 5.84. The highest BCUT2D eigenvalue weighted by atomic mass is 16.5. The van der Waals surface area contributed by atoms with E-state index >= 15 is 0 Å². The second-order valence-electron chi connectivity index (χ2n) is 4.94. The third-order valence-corrected chi connectivity index (χ3v) is 3.44. The summed E-state index contributed by atoms with van der Waals surface area (Å²) in [6.07, 6.45) is 3.20. The average molecular weight is 328 g/mol. The summed E-state index contributed by atoms with van der Waals surface area (Å²) in [6, 6.07) is 10.5. The Labute approximate surface area is 141 Å². The topological polar surface area (TPSA) is 54.0 Å². The van der Waals surface area contributed by atoms with Crippen LogP contribution in [0.25, 0.3) is 6.08 Å². The van der Waals surface area contributed by atoms with Gasteiger partial charge < -0.3 is 18.9 Å². The Morgan fingerprint density at radius 3 is 1.54 bits per heavy atom. The normalized spacial score (nSPS) is 10.5. The molecule has 0 aliphatic carbocycles. The summed E-state index contributed by atoms with van der Waals surface area (Å²) >= 11 is 0. The molecule has 0 aromatic heterocycles. The molecule has 0 heterocycles. The molecule has 126 valence electrons. The van der Waals surface area contributed by atoms with Crippen molar-refractivity contribution in [2.24, 2.45) is 0 Å². The van der Waals surface area contributed by atoms with Crippen molar-refractivity contribution in [2.75, 3.05) is 28.4 Å². The summed E-state index contributed by atoms with van der Waals surface area (Å²) < 4.78 is 20.8. The minimum Gasteiger partial charge on any atom is -0.497 e. The Hall–Kier alpha value is -2.95. The van der Waals surface area contributed by atoms with Crippen molar-refractivity contribution in [3.63, 3.8) is 0 Å². The number of rotatable bonds is 7. The predicted molar refractivity (Wildman–Crippen MR) is 92.5 cm³/mol. The maximum atomic E-state index is 12.4. The number of benzene rings is 2. The van der Waals surface area contributed by atoms with Crippen molar-refractivity contribution in [1.29, 1.82) is 0 Å². The first-order valence-corrected chi connectivity index (χ1v) is 7.28. The molecule has 2 aromatic carbocycles. The molecule has 0 N–H and O–H groups in total. The number of hydrogen-bond acceptors (Lipinski definition) is 5. The highest BCUT2D eigenvalue weighted by Crippen LogP contribution is 2.25. The van der Waals surface area contributed by atoms with Crippen molar-refractivity contribution in [1.82, 2.24) is 0 Å². The van der Waals surface area contributed by atoms with Crippen LogP contribution in [-0.4, -0.2) is 34.2 Å².